The van der Waals surface area contributed by atoms with Gasteiger partial charge in [0, 0.05) is 18.4 Å². The van der Waals surface area contributed by atoms with Gasteiger partial charge < -0.3 is 4.74 Å². The monoisotopic (exact) mass is 395 g/mol. The zero-order valence-corrected chi connectivity index (χ0v) is 17.9. The van der Waals surface area contributed by atoms with Crippen molar-refractivity contribution < 1.29 is 9.13 Å². The third-order valence-electron chi connectivity index (χ3n) is 4.96. The van der Waals surface area contributed by atoms with Gasteiger partial charge in [0.2, 0.25) is 0 Å². The number of halogens is 1. The molecule has 1 aromatic heterocycles. The summed E-state index contributed by atoms with van der Waals surface area (Å²) in [6.07, 6.45) is 15.4. The van der Waals surface area contributed by atoms with Crippen molar-refractivity contribution in [2.24, 2.45) is 0 Å². The normalized spacial score (nSPS) is 12.4. The number of benzene rings is 1. The van der Waals surface area contributed by atoms with E-state index in [1.807, 2.05) is 30.3 Å². The number of nitrogens with zero attached hydrogens (tertiary/aromatic N) is 1. The lowest BCUT2D eigenvalue weighted by Crippen LogP contribution is -2.08. The third kappa shape index (κ3) is 8.33. The molecule has 0 saturated carbocycles. The van der Waals surface area contributed by atoms with E-state index in [1.165, 1.54) is 12.8 Å². The summed E-state index contributed by atoms with van der Waals surface area (Å²) < 4.78 is 19.9. The Labute approximate surface area is 175 Å². The fourth-order valence-electron chi connectivity index (χ4n) is 3.17. The Morgan fingerprint density at radius 2 is 1.97 bits per heavy atom. The molecule has 1 heterocycles. The Morgan fingerprint density at radius 3 is 2.66 bits per heavy atom. The predicted molar refractivity (Wildman–Crippen MR) is 121 cm³/mol. The minimum atomic E-state index is -0.199. The highest BCUT2D eigenvalue weighted by Gasteiger charge is 2.05. The Morgan fingerprint density at radius 1 is 1.14 bits per heavy atom. The van der Waals surface area contributed by atoms with Crippen molar-refractivity contribution >= 4 is 6.08 Å². The van der Waals surface area contributed by atoms with E-state index in [2.05, 4.69) is 31.5 Å². The number of rotatable bonds is 13. The number of hydrogen-bond acceptors (Lipinski definition) is 2. The molecule has 0 saturated heterocycles. The lowest BCUT2D eigenvalue weighted by molar-refractivity contribution is 0.0566. The molecule has 0 bridgehead atoms. The van der Waals surface area contributed by atoms with Crippen LogP contribution in [0.4, 0.5) is 4.39 Å². The largest absolute Gasteiger partial charge is 0.379 e. The molecule has 0 aliphatic carbocycles. The molecule has 0 fully saturated rings. The van der Waals surface area contributed by atoms with Crippen LogP contribution >= 0.6 is 0 Å². The molecule has 29 heavy (non-hydrogen) atoms. The molecule has 1 atom stereocenters. The number of aromatic nitrogens is 1. The second-order valence-corrected chi connectivity index (χ2v) is 7.49. The topological polar surface area (TPSA) is 22.1 Å². The van der Waals surface area contributed by atoms with E-state index in [4.69, 9.17) is 4.74 Å². The summed E-state index contributed by atoms with van der Waals surface area (Å²) in [6.45, 7) is 8.90. The summed E-state index contributed by atoms with van der Waals surface area (Å²) in [6, 6.07) is 9.27. The van der Waals surface area contributed by atoms with Gasteiger partial charge in [-0.05, 0) is 68.4 Å². The zero-order valence-electron chi connectivity index (χ0n) is 17.9. The number of unbranched alkanes of at least 4 members (excludes halogenated alkanes) is 3. The quantitative estimate of drug-likeness (QED) is 0.260. The van der Waals surface area contributed by atoms with Crippen LogP contribution in [-0.2, 0) is 11.2 Å². The van der Waals surface area contributed by atoms with Crippen LogP contribution in [-0.4, -0.2) is 17.7 Å². The number of pyridine rings is 1. The van der Waals surface area contributed by atoms with E-state index < -0.39 is 0 Å². The van der Waals surface area contributed by atoms with Crippen LogP contribution in [0.2, 0.25) is 0 Å². The van der Waals surface area contributed by atoms with Crippen LogP contribution in [0.1, 0.15) is 63.6 Å². The van der Waals surface area contributed by atoms with E-state index in [0.29, 0.717) is 18.1 Å². The van der Waals surface area contributed by atoms with Crippen LogP contribution < -0.4 is 0 Å². The Hall–Kier alpha value is -2.26. The second kappa shape index (κ2) is 13.1. The molecule has 0 amide bonds. The Bertz CT molecular complexity index is 767. The maximum Gasteiger partial charge on any atom is 0.127 e. The Balaban J connectivity index is 1.77. The van der Waals surface area contributed by atoms with Crippen LogP contribution in [0.3, 0.4) is 0 Å². The van der Waals surface area contributed by atoms with Gasteiger partial charge in [-0.25, -0.2) is 4.39 Å². The number of ether oxygens (including phenoxy) is 1. The molecule has 1 unspecified atom stereocenters. The standard InChI is InChI=1S/C26H34FNO/c1-4-6-10-18-29-21(3)12-8-7-9-13-25-17-16-24(20-28-25)23-15-14-22(11-5-2)26(27)19-23/h5,9,13-17,19-21H,2,4,6-8,10-12,18H2,1,3H3. The van der Waals surface area contributed by atoms with Crippen LogP contribution in [0.15, 0.2) is 55.3 Å². The first-order valence-electron chi connectivity index (χ1n) is 10.8. The van der Waals surface area contributed by atoms with Crippen molar-refractivity contribution in [2.45, 2.75) is 64.9 Å². The highest BCUT2D eigenvalue weighted by atomic mass is 19.1. The minimum absolute atomic E-state index is 0.199. The summed E-state index contributed by atoms with van der Waals surface area (Å²) >= 11 is 0. The smallest absolute Gasteiger partial charge is 0.127 e. The van der Waals surface area contributed by atoms with E-state index in [0.717, 1.165) is 49.1 Å². The maximum absolute atomic E-state index is 14.1. The highest BCUT2D eigenvalue weighted by molar-refractivity contribution is 5.64. The summed E-state index contributed by atoms with van der Waals surface area (Å²) in [5.74, 6) is -0.199. The molecule has 0 spiro atoms. The summed E-state index contributed by atoms with van der Waals surface area (Å²) in [7, 11) is 0. The lowest BCUT2D eigenvalue weighted by atomic mass is 10.0. The lowest BCUT2D eigenvalue weighted by Gasteiger charge is -2.11. The molecule has 0 aliphatic rings. The van der Waals surface area contributed by atoms with E-state index in [1.54, 1.807) is 18.3 Å². The van der Waals surface area contributed by atoms with Crippen molar-refractivity contribution in [3.8, 4) is 11.1 Å². The molecule has 0 N–H and O–H groups in total. The number of allylic oxidation sites excluding steroid dienone is 2. The Kier molecular flexibility index (Phi) is 10.4. The van der Waals surface area contributed by atoms with Gasteiger partial charge in [-0.1, -0.05) is 50.1 Å². The number of hydrogen-bond donors (Lipinski definition) is 0. The van der Waals surface area contributed by atoms with Gasteiger partial charge in [-0.3, -0.25) is 4.98 Å². The molecule has 0 radical (unpaired) electrons. The molecular weight excluding hydrogens is 361 g/mol. The molecule has 1 aromatic carbocycles. The highest BCUT2D eigenvalue weighted by Crippen LogP contribution is 2.22. The minimum Gasteiger partial charge on any atom is -0.379 e. The fraction of sp³-hybridized carbons (Fsp3) is 0.423. The SMILES string of the molecule is C=CCc1ccc(-c2ccc(C=CCCCC(C)OCCCCC)nc2)cc1F. The van der Waals surface area contributed by atoms with Gasteiger partial charge in [0.15, 0.2) is 0 Å². The average molecular weight is 396 g/mol. The zero-order chi connectivity index (χ0) is 20.9. The third-order valence-corrected chi connectivity index (χ3v) is 4.96. The van der Waals surface area contributed by atoms with Gasteiger partial charge in [-0.15, -0.1) is 6.58 Å². The van der Waals surface area contributed by atoms with Gasteiger partial charge in [0.05, 0.1) is 11.8 Å². The molecule has 0 aliphatic heterocycles. The molecule has 156 valence electrons. The van der Waals surface area contributed by atoms with E-state index in [9.17, 15) is 4.39 Å². The van der Waals surface area contributed by atoms with Crippen molar-refractivity contribution in [2.75, 3.05) is 6.61 Å². The van der Waals surface area contributed by atoms with Crippen molar-refractivity contribution in [1.29, 1.82) is 0 Å². The summed E-state index contributed by atoms with van der Waals surface area (Å²) in [5, 5.41) is 0. The predicted octanol–water partition coefficient (Wildman–Crippen LogP) is 7.40. The first kappa shape index (κ1) is 23.0. The van der Waals surface area contributed by atoms with Crippen molar-refractivity contribution in [3.05, 3.63) is 72.3 Å². The van der Waals surface area contributed by atoms with E-state index >= 15 is 0 Å². The molecule has 2 rings (SSSR count). The maximum atomic E-state index is 14.1. The van der Waals surface area contributed by atoms with Crippen LogP contribution in [0.25, 0.3) is 17.2 Å². The molecular formula is C26H34FNO. The second-order valence-electron chi connectivity index (χ2n) is 7.49. The molecule has 2 nitrogen and oxygen atoms in total. The van der Waals surface area contributed by atoms with Gasteiger partial charge in [0.25, 0.3) is 0 Å². The van der Waals surface area contributed by atoms with Crippen molar-refractivity contribution in [1.82, 2.24) is 4.98 Å². The first-order chi connectivity index (χ1) is 14.1. The van der Waals surface area contributed by atoms with Gasteiger partial charge in [-0.2, -0.15) is 0 Å². The van der Waals surface area contributed by atoms with Crippen LogP contribution in [0, 0.1) is 5.82 Å². The van der Waals surface area contributed by atoms with Crippen LogP contribution in [0.5, 0.6) is 0 Å². The van der Waals surface area contributed by atoms with Gasteiger partial charge >= 0.3 is 0 Å². The molecule has 3 heteroatoms. The summed E-state index contributed by atoms with van der Waals surface area (Å²) in [4.78, 5) is 4.48. The van der Waals surface area contributed by atoms with Gasteiger partial charge in [0.1, 0.15) is 5.82 Å². The van der Waals surface area contributed by atoms with Crippen molar-refractivity contribution in [3.63, 3.8) is 0 Å². The van der Waals surface area contributed by atoms with E-state index in [-0.39, 0.29) is 5.82 Å². The fourth-order valence-corrected chi connectivity index (χ4v) is 3.17. The first-order valence-corrected chi connectivity index (χ1v) is 10.8. The average Bonchev–Trinajstić information content (AvgIpc) is 2.73. The molecule has 2 aromatic rings. The summed E-state index contributed by atoms with van der Waals surface area (Å²) in [5.41, 5.74) is 3.34.